The third-order valence-electron chi connectivity index (χ3n) is 7.69. The van der Waals surface area contributed by atoms with Gasteiger partial charge in [-0.05, 0) is 64.8 Å². The van der Waals surface area contributed by atoms with Gasteiger partial charge in [0.25, 0.3) is 0 Å². The molecule has 3 aromatic carbocycles. The van der Waals surface area contributed by atoms with Gasteiger partial charge in [0, 0.05) is 12.0 Å². The molecule has 1 saturated heterocycles. The van der Waals surface area contributed by atoms with Gasteiger partial charge in [0.2, 0.25) is 6.79 Å². The lowest BCUT2D eigenvalue weighted by molar-refractivity contribution is 0.0866. The van der Waals surface area contributed by atoms with Crippen molar-refractivity contribution in [2.24, 2.45) is 0 Å². The van der Waals surface area contributed by atoms with Crippen LogP contribution in [0.3, 0.4) is 0 Å². The van der Waals surface area contributed by atoms with E-state index in [2.05, 4.69) is 66.7 Å². The van der Waals surface area contributed by atoms with Crippen molar-refractivity contribution in [2.45, 2.75) is 37.3 Å². The van der Waals surface area contributed by atoms with Gasteiger partial charge in [-0.3, -0.25) is 4.90 Å². The van der Waals surface area contributed by atoms with Crippen molar-refractivity contribution in [1.29, 1.82) is 0 Å². The molecular formula is C29H25NO4. The molecule has 4 aliphatic rings. The largest absolute Gasteiger partial charge is 0.454 e. The third kappa shape index (κ3) is 3.03. The Morgan fingerprint density at radius 2 is 1.65 bits per heavy atom. The molecule has 0 saturated carbocycles. The predicted molar refractivity (Wildman–Crippen MR) is 129 cm³/mol. The fourth-order valence-corrected chi connectivity index (χ4v) is 6.09. The fourth-order valence-electron chi connectivity index (χ4n) is 6.09. The van der Waals surface area contributed by atoms with Crippen LogP contribution >= 0.6 is 0 Å². The molecule has 1 fully saturated rings. The quantitative estimate of drug-likeness (QED) is 0.491. The van der Waals surface area contributed by atoms with Crippen molar-refractivity contribution in [1.82, 2.24) is 4.90 Å². The summed E-state index contributed by atoms with van der Waals surface area (Å²) in [4.78, 5) is 15.2. The number of benzene rings is 3. The van der Waals surface area contributed by atoms with E-state index in [1.54, 1.807) is 0 Å². The molecule has 5 nitrogen and oxygen atoms in total. The fraction of sp³-hybridized carbons (Fsp3) is 0.276. The van der Waals surface area contributed by atoms with Gasteiger partial charge in [-0.1, -0.05) is 60.7 Å². The van der Waals surface area contributed by atoms with E-state index in [9.17, 15) is 4.79 Å². The van der Waals surface area contributed by atoms with Gasteiger partial charge in [0.1, 0.15) is 6.61 Å². The van der Waals surface area contributed by atoms with Gasteiger partial charge >= 0.3 is 6.09 Å². The van der Waals surface area contributed by atoms with E-state index in [-0.39, 0.29) is 30.9 Å². The lowest BCUT2D eigenvalue weighted by atomic mass is 9.94. The minimum absolute atomic E-state index is 0.0785. The minimum Gasteiger partial charge on any atom is -0.454 e. The highest BCUT2D eigenvalue weighted by Crippen LogP contribution is 2.45. The Hall–Kier alpha value is -3.73. The van der Waals surface area contributed by atoms with E-state index in [4.69, 9.17) is 14.2 Å². The summed E-state index contributed by atoms with van der Waals surface area (Å²) in [5.74, 6) is 1.67. The van der Waals surface area contributed by atoms with Crippen LogP contribution in [0.25, 0.3) is 16.7 Å². The summed E-state index contributed by atoms with van der Waals surface area (Å²) in [5, 5.41) is 0. The Labute approximate surface area is 198 Å². The van der Waals surface area contributed by atoms with E-state index in [0.717, 1.165) is 36.3 Å². The highest BCUT2D eigenvalue weighted by molar-refractivity contribution is 5.79. The number of fused-ring (bicyclic) bond motifs is 6. The van der Waals surface area contributed by atoms with Crippen molar-refractivity contribution in [3.8, 4) is 22.6 Å². The monoisotopic (exact) mass is 451 g/mol. The SMILES string of the molecule is O=C(OCC1c2ccccc2-c2ccccc21)N1C2C=C(c3ccc4c(c3)OCO4)CC1CC2. The van der Waals surface area contributed by atoms with Gasteiger partial charge in [0.05, 0.1) is 6.04 Å². The predicted octanol–water partition coefficient (Wildman–Crippen LogP) is 5.98. The van der Waals surface area contributed by atoms with E-state index >= 15 is 0 Å². The Kier molecular flexibility index (Phi) is 4.44. The number of carbonyl (C=O) groups is 1. The van der Waals surface area contributed by atoms with Gasteiger partial charge in [-0.2, -0.15) is 0 Å². The van der Waals surface area contributed by atoms with Crippen LogP contribution in [0.5, 0.6) is 11.5 Å². The first-order chi connectivity index (χ1) is 16.8. The molecule has 1 amide bonds. The van der Waals surface area contributed by atoms with Gasteiger partial charge < -0.3 is 14.2 Å². The normalized spacial score (nSPS) is 21.8. The van der Waals surface area contributed by atoms with Crippen LogP contribution in [0.4, 0.5) is 4.79 Å². The average Bonchev–Trinajstić information content (AvgIpc) is 3.54. The second-order valence-electron chi connectivity index (χ2n) is 9.47. The highest BCUT2D eigenvalue weighted by Gasteiger charge is 2.41. The van der Waals surface area contributed by atoms with Crippen LogP contribution in [0, 0.1) is 0 Å². The second kappa shape index (κ2) is 7.66. The topological polar surface area (TPSA) is 48.0 Å². The maximum absolute atomic E-state index is 13.3. The molecule has 2 unspecified atom stereocenters. The summed E-state index contributed by atoms with van der Waals surface area (Å²) in [6.45, 7) is 0.639. The molecule has 0 radical (unpaired) electrons. The average molecular weight is 452 g/mol. The maximum Gasteiger partial charge on any atom is 0.410 e. The third-order valence-corrected chi connectivity index (χ3v) is 7.69. The summed E-state index contributed by atoms with van der Waals surface area (Å²) < 4.78 is 17.0. The molecule has 3 aliphatic heterocycles. The van der Waals surface area contributed by atoms with Crippen molar-refractivity contribution in [2.75, 3.05) is 13.4 Å². The minimum atomic E-state index is -0.199. The first-order valence-electron chi connectivity index (χ1n) is 12.0. The molecule has 2 bridgehead atoms. The zero-order valence-electron chi connectivity index (χ0n) is 18.8. The van der Waals surface area contributed by atoms with Gasteiger partial charge in [0.15, 0.2) is 11.5 Å². The molecule has 5 heteroatoms. The molecule has 1 aliphatic carbocycles. The van der Waals surface area contributed by atoms with Gasteiger partial charge in [-0.25, -0.2) is 4.79 Å². The van der Waals surface area contributed by atoms with E-state index in [1.165, 1.54) is 27.8 Å². The number of hydrogen-bond acceptors (Lipinski definition) is 4. The number of amides is 1. The smallest absolute Gasteiger partial charge is 0.410 e. The van der Waals surface area contributed by atoms with E-state index in [0.29, 0.717) is 6.61 Å². The van der Waals surface area contributed by atoms with Crippen molar-refractivity contribution in [3.05, 3.63) is 89.5 Å². The van der Waals surface area contributed by atoms with E-state index < -0.39 is 0 Å². The molecule has 0 N–H and O–H groups in total. The summed E-state index contributed by atoms with van der Waals surface area (Å²) >= 11 is 0. The zero-order chi connectivity index (χ0) is 22.6. The lowest BCUT2D eigenvalue weighted by Crippen LogP contribution is -2.43. The standard InChI is InChI=1S/C29H25NO4/c31-29(32-16-26-24-7-3-1-5-22(24)23-6-2-4-8-25(23)26)30-20-10-11-21(30)14-19(13-20)18-9-12-27-28(15-18)34-17-33-27/h1-9,12-13,15,20-21,26H,10-11,14,16-17H2. The Balaban J connectivity index is 1.09. The molecular weight excluding hydrogens is 426 g/mol. The molecule has 3 heterocycles. The van der Waals surface area contributed by atoms with Crippen molar-refractivity contribution >= 4 is 11.7 Å². The first kappa shape index (κ1) is 19.7. The lowest BCUT2D eigenvalue weighted by Gasteiger charge is -2.33. The van der Waals surface area contributed by atoms with Crippen molar-refractivity contribution < 1.29 is 19.0 Å². The molecule has 34 heavy (non-hydrogen) atoms. The highest BCUT2D eigenvalue weighted by atomic mass is 16.7. The number of nitrogens with zero attached hydrogens (tertiary/aromatic N) is 1. The molecule has 7 rings (SSSR count). The number of hydrogen-bond donors (Lipinski definition) is 0. The first-order valence-corrected chi connectivity index (χ1v) is 12.0. The number of ether oxygens (including phenoxy) is 3. The second-order valence-corrected chi connectivity index (χ2v) is 9.47. The summed E-state index contributed by atoms with van der Waals surface area (Å²) in [6.07, 6.45) is 4.85. The molecule has 3 aromatic rings. The molecule has 2 atom stereocenters. The zero-order valence-corrected chi connectivity index (χ0v) is 18.8. The maximum atomic E-state index is 13.3. The molecule has 0 aromatic heterocycles. The molecule has 0 spiro atoms. The summed E-state index contributed by atoms with van der Waals surface area (Å²) in [7, 11) is 0. The summed E-state index contributed by atoms with van der Waals surface area (Å²) in [5.41, 5.74) is 7.38. The molecule has 170 valence electrons. The Morgan fingerprint density at radius 1 is 0.912 bits per heavy atom. The summed E-state index contributed by atoms with van der Waals surface area (Å²) in [6, 6.07) is 23.2. The van der Waals surface area contributed by atoms with Crippen LogP contribution in [-0.4, -0.2) is 36.5 Å². The van der Waals surface area contributed by atoms with Crippen LogP contribution in [0.2, 0.25) is 0 Å². The van der Waals surface area contributed by atoms with Crippen LogP contribution in [0.1, 0.15) is 41.9 Å². The van der Waals surface area contributed by atoms with Gasteiger partial charge in [-0.15, -0.1) is 0 Å². The van der Waals surface area contributed by atoms with Crippen molar-refractivity contribution in [3.63, 3.8) is 0 Å². The van der Waals surface area contributed by atoms with Crippen LogP contribution in [-0.2, 0) is 4.74 Å². The van der Waals surface area contributed by atoms with E-state index in [1.807, 2.05) is 11.0 Å². The van der Waals surface area contributed by atoms with Crippen LogP contribution in [0.15, 0.2) is 72.8 Å². The Morgan fingerprint density at radius 3 is 2.41 bits per heavy atom. The Bertz CT molecular complexity index is 1280. The van der Waals surface area contributed by atoms with Crippen LogP contribution < -0.4 is 9.47 Å². The number of rotatable bonds is 3. The number of carbonyl (C=O) groups excluding carboxylic acids is 1.